The number of carbonyl (C=O) groups excluding carboxylic acids is 1. The summed E-state index contributed by atoms with van der Waals surface area (Å²) in [7, 11) is 0. The minimum atomic E-state index is -0.638. The van der Waals surface area contributed by atoms with Gasteiger partial charge in [0.1, 0.15) is 17.9 Å². The van der Waals surface area contributed by atoms with Gasteiger partial charge < -0.3 is 9.15 Å². The van der Waals surface area contributed by atoms with E-state index in [4.69, 9.17) is 9.15 Å². The fourth-order valence-electron chi connectivity index (χ4n) is 4.61. The van der Waals surface area contributed by atoms with E-state index in [1.165, 1.54) is 0 Å². The van der Waals surface area contributed by atoms with Crippen molar-refractivity contribution in [2.45, 2.75) is 12.6 Å². The lowest BCUT2D eigenvalue weighted by molar-refractivity contribution is 0.0971. The van der Waals surface area contributed by atoms with Gasteiger partial charge in [-0.2, -0.15) is 0 Å². The molecule has 1 amide bonds. The van der Waals surface area contributed by atoms with Crippen molar-refractivity contribution in [3.05, 3.63) is 142 Å². The first-order valence-electron chi connectivity index (χ1n) is 11.4. The second-order valence-corrected chi connectivity index (χ2v) is 8.43. The van der Waals surface area contributed by atoms with Crippen molar-refractivity contribution in [3.63, 3.8) is 0 Å². The van der Waals surface area contributed by atoms with Crippen LogP contribution in [0.5, 0.6) is 5.75 Å². The first kappa shape index (κ1) is 20.9. The molecule has 2 heterocycles. The first-order valence-corrected chi connectivity index (χ1v) is 11.4. The van der Waals surface area contributed by atoms with Gasteiger partial charge in [0.2, 0.25) is 5.76 Å². The molecule has 5 nitrogen and oxygen atoms in total. The van der Waals surface area contributed by atoms with Crippen LogP contribution in [-0.2, 0) is 6.61 Å². The second-order valence-electron chi connectivity index (χ2n) is 8.43. The molecule has 1 unspecified atom stereocenters. The number of amides is 1. The Kier molecular flexibility index (Phi) is 5.15. The van der Waals surface area contributed by atoms with Crippen molar-refractivity contribution in [1.29, 1.82) is 0 Å². The van der Waals surface area contributed by atoms with Gasteiger partial charge in [0, 0.05) is 5.69 Å². The van der Waals surface area contributed by atoms with Gasteiger partial charge in [0.05, 0.1) is 17.0 Å². The quantitative estimate of drug-likeness (QED) is 0.318. The Balaban J connectivity index is 1.48. The predicted octanol–water partition coefficient (Wildman–Crippen LogP) is 6.12. The van der Waals surface area contributed by atoms with E-state index in [2.05, 4.69) is 0 Å². The van der Waals surface area contributed by atoms with Crippen LogP contribution in [-0.4, -0.2) is 5.91 Å². The van der Waals surface area contributed by atoms with Crippen molar-refractivity contribution in [2.75, 3.05) is 4.90 Å². The van der Waals surface area contributed by atoms with Crippen molar-refractivity contribution in [3.8, 4) is 5.75 Å². The summed E-state index contributed by atoms with van der Waals surface area (Å²) in [5.41, 5.74) is 3.06. The molecule has 0 N–H and O–H groups in total. The molecule has 0 saturated carbocycles. The number of fused-ring (bicyclic) bond motifs is 2. The molecule has 35 heavy (non-hydrogen) atoms. The lowest BCUT2D eigenvalue weighted by Gasteiger charge is -2.25. The summed E-state index contributed by atoms with van der Waals surface area (Å²) < 4.78 is 12.1. The Morgan fingerprint density at radius 2 is 1.49 bits per heavy atom. The van der Waals surface area contributed by atoms with Crippen LogP contribution >= 0.6 is 0 Å². The number of hydrogen-bond donors (Lipinski definition) is 0. The SMILES string of the molecule is O=C1c2oc3ccccc3c(=O)c2C(c2cccc(OCc3ccccc3)c2)N1c1ccccc1. The van der Waals surface area contributed by atoms with E-state index in [-0.39, 0.29) is 17.1 Å². The molecule has 1 aromatic heterocycles. The summed E-state index contributed by atoms with van der Waals surface area (Å²) in [4.78, 5) is 28.9. The van der Waals surface area contributed by atoms with Crippen LogP contribution in [0.25, 0.3) is 11.0 Å². The average molecular weight is 460 g/mol. The van der Waals surface area contributed by atoms with Crippen LogP contribution in [0, 0.1) is 0 Å². The highest BCUT2D eigenvalue weighted by molar-refractivity contribution is 6.10. The summed E-state index contributed by atoms with van der Waals surface area (Å²) in [6.45, 7) is 0.416. The van der Waals surface area contributed by atoms with Gasteiger partial charge in [-0.3, -0.25) is 14.5 Å². The molecule has 4 aromatic carbocycles. The second kappa shape index (κ2) is 8.61. The zero-order valence-electron chi connectivity index (χ0n) is 18.8. The highest BCUT2D eigenvalue weighted by Crippen LogP contribution is 2.41. The van der Waals surface area contributed by atoms with Gasteiger partial charge >= 0.3 is 0 Å². The van der Waals surface area contributed by atoms with E-state index in [0.717, 1.165) is 11.1 Å². The van der Waals surface area contributed by atoms with E-state index < -0.39 is 6.04 Å². The minimum absolute atomic E-state index is 0.0816. The smallest absolute Gasteiger partial charge is 0.295 e. The molecule has 0 aliphatic carbocycles. The van der Waals surface area contributed by atoms with Gasteiger partial charge in [-0.25, -0.2) is 0 Å². The lowest BCUT2D eigenvalue weighted by atomic mass is 9.98. The number of nitrogens with zero attached hydrogens (tertiary/aromatic N) is 1. The lowest BCUT2D eigenvalue weighted by Crippen LogP contribution is -2.29. The molecule has 5 heteroatoms. The number of hydrogen-bond acceptors (Lipinski definition) is 4. The molecule has 0 spiro atoms. The van der Waals surface area contributed by atoms with Crippen LogP contribution in [0.3, 0.4) is 0 Å². The fourth-order valence-corrected chi connectivity index (χ4v) is 4.61. The van der Waals surface area contributed by atoms with Gasteiger partial charge in [-0.1, -0.05) is 72.8 Å². The maximum absolute atomic E-state index is 13.7. The van der Waals surface area contributed by atoms with E-state index in [9.17, 15) is 9.59 Å². The Labute approximate surface area is 201 Å². The third-order valence-corrected chi connectivity index (χ3v) is 6.23. The van der Waals surface area contributed by atoms with Crippen molar-refractivity contribution in [2.24, 2.45) is 0 Å². The zero-order chi connectivity index (χ0) is 23.8. The Bertz CT molecular complexity index is 1590. The average Bonchev–Trinajstić information content (AvgIpc) is 3.21. The van der Waals surface area contributed by atoms with Crippen molar-refractivity contribution < 1.29 is 13.9 Å². The number of ether oxygens (including phenoxy) is 1. The third kappa shape index (κ3) is 3.67. The molecule has 5 aromatic rings. The number of carbonyl (C=O) groups is 1. The normalized spacial score (nSPS) is 14.8. The molecular formula is C30H21NO4. The molecule has 1 aliphatic rings. The third-order valence-electron chi connectivity index (χ3n) is 6.23. The van der Waals surface area contributed by atoms with Crippen molar-refractivity contribution in [1.82, 2.24) is 0 Å². The number of anilines is 1. The fraction of sp³-hybridized carbons (Fsp3) is 0.0667. The van der Waals surface area contributed by atoms with Gasteiger partial charge in [-0.05, 0) is 47.5 Å². The van der Waals surface area contributed by atoms with E-state index in [1.54, 1.807) is 29.2 Å². The van der Waals surface area contributed by atoms with E-state index in [0.29, 0.717) is 34.6 Å². The zero-order valence-corrected chi connectivity index (χ0v) is 18.8. The standard InChI is InChI=1S/C30H21NO4/c32-28-24-16-7-8-17-25(24)35-29-26(28)27(31(30(29)33)22-13-5-2-6-14-22)21-12-9-15-23(18-21)34-19-20-10-3-1-4-11-20/h1-18,27H,19H2. The molecule has 6 rings (SSSR count). The molecule has 170 valence electrons. The number of benzene rings is 4. The van der Waals surface area contributed by atoms with Gasteiger partial charge in [-0.15, -0.1) is 0 Å². The Hall–Kier alpha value is -4.64. The first-order chi connectivity index (χ1) is 17.2. The largest absolute Gasteiger partial charge is 0.489 e. The number of para-hydroxylation sites is 2. The topological polar surface area (TPSA) is 59.8 Å². The Morgan fingerprint density at radius 3 is 2.29 bits per heavy atom. The van der Waals surface area contributed by atoms with Crippen LogP contribution in [0.2, 0.25) is 0 Å². The Morgan fingerprint density at radius 1 is 0.771 bits per heavy atom. The highest BCUT2D eigenvalue weighted by Gasteiger charge is 2.43. The molecule has 0 bridgehead atoms. The van der Waals surface area contributed by atoms with E-state index >= 15 is 0 Å². The molecule has 0 radical (unpaired) electrons. The van der Waals surface area contributed by atoms with Gasteiger partial charge in [0.25, 0.3) is 5.91 Å². The number of rotatable bonds is 5. The van der Waals surface area contributed by atoms with Crippen LogP contribution < -0.4 is 15.1 Å². The maximum Gasteiger partial charge on any atom is 0.295 e. The maximum atomic E-state index is 13.7. The van der Waals surface area contributed by atoms with E-state index in [1.807, 2.05) is 84.9 Å². The molecule has 1 aliphatic heterocycles. The molecule has 1 atom stereocenters. The minimum Gasteiger partial charge on any atom is -0.489 e. The monoisotopic (exact) mass is 459 g/mol. The van der Waals surface area contributed by atoms with Crippen LogP contribution in [0.15, 0.2) is 118 Å². The molecule has 0 saturated heterocycles. The van der Waals surface area contributed by atoms with Gasteiger partial charge in [0.15, 0.2) is 5.43 Å². The summed E-state index contributed by atoms with van der Waals surface area (Å²) in [6.07, 6.45) is 0. The van der Waals surface area contributed by atoms with Crippen LogP contribution in [0.1, 0.15) is 33.3 Å². The molecule has 0 fully saturated rings. The summed E-state index contributed by atoms with van der Waals surface area (Å²) in [6, 6.07) is 33.2. The summed E-state index contributed by atoms with van der Waals surface area (Å²) in [5.74, 6) is 0.401. The summed E-state index contributed by atoms with van der Waals surface area (Å²) >= 11 is 0. The predicted molar refractivity (Wildman–Crippen MR) is 135 cm³/mol. The summed E-state index contributed by atoms with van der Waals surface area (Å²) in [5, 5.41) is 0.454. The van der Waals surface area contributed by atoms with Crippen molar-refractivity contribution >= 4 is 22.6 Å². The van der Waals surface area contributed by atoms with Crippen LogP contribution in [0.4, 0.5) is 5.69 Å². The highest BCUT2D eigenvalue weighted by atomic mass is 16.5. The molecular weight excluding hydrogens is 438 g/mol.